The highest BCUT2D eigenvalue weighted by Gasteiger charge is 2.11. The zero-order valence-corrected chi connectivity index (χ0v) is 7.54. The molecule has 15 heavy (non-hydrogen) atoms. The molecule has 0 aromatic carbocycles. The summed E-state index contributed by atoms with van der Waals surface area (Å²) in [5, 5.41) is 15.3. The first-order valence-electron chi connectivity index (χ1n) is 4.11. The van der Waals surface area contributed by atoms with Crippen molar-refractivity contribution < 1.29 is 14.4 Å². The van der Waals surface area contributed by atoms with Crippen molar-refractivity contribution in [2.75, 3.05) is 5.32 Å². The highest BCUT2D eigenvalue weighted by molar-refractivity contribution is 6.05. The lowest BCUT2D eigenvalue weighted by Crippen LogP contribution is -2.11. The number of nitrogens with zero attached hydrogens (tertiary/aromatic N) is 2. The van der Waals surface area contributed by atoms with E-state index >= 15 is 0 Å². The van der Waals surface area contributed by atoms with E-state index in [-0.39, 0.29) is 11.3 Å². The van der Waals surface area contributed by atoms with E-state index < -0.39 is 5.91 Å². The van der Waals surface area contributed by atoms with Crippen molar-refractivity contribution in [1.29, 1.82) is 0 Å². The van der Waals surface area contributed by atoms with Gasteiger partial charge >= 0.3 is 0 Å². The van der Waals surface area contributed by atoms with Crippen molar-refractivity contribution >= 4 is 11.6 Å². The molecule has 2 N–H and O–H groups in total. The minimum atomic E-state index is -0.446. The molecule has 0 radical (unpaired) electrons. The Labute approximate surface area is 84.5 Å². The second kappa shape index (κ2) is 3.79. The predicted molar refractivity (Wildman–Crippen MR) is 50.4 cm³/mol. The van der Waals surface area contributed by atoms with E-state index in [1.165, 1.54) is 30.9 Å². The summed E-state index contributed by atoms with van der Waals surface area (Å²) in [5.74, 6) is -0.621. The molecule has 6 heteroatoms. The fourth-order valence-corrected chi connectivity index (χ4v) is 1.04. The number of amides is 1. The van der Waals surface area contributed by atoms with Crippen LogP contribution in [0.25, 0.3) is 0 Å². The first kappa shape index (κ1) is 9.20. The van der Waals surface area contributed by atoms with Crippen LogP contribution >= 0.6 is 0 Å². The summed E-state index contributed by atoms with van der Waals surface area (Å²) in [5.41, 5.74) is 0.572. The molecular formula is C9H7N3O3. The average molecular weight is 205 g/mol. The van der Waals surface area contributed by atoms with Gasteiger partial charge in [-0.3, -0.25) is 9.78 Å². The summed E-state index contributed by atoms with van der Waals surface area (Å²) in [6, 6.07) is 1.41. The summed E-state index contributed by atoms with van der Waals surface area (Å²) >= 11 is 0. The van der Waals surface area contributed by atoms with Gasteiger partial charge in [-0.1, -0.05) is 5.16 Å². The number of anilines is 1. The maximum atomic E-state index is 11.6. The molecule has 1 amide bonds. The zero-order chi connectivity index (χ0) is 10.7. The van der Waals surface area contributed by atoms with E-state index in [0.717, 1.165) is 0 Å². The SMILES string of the molecule is O=C(Nc1cnoc1)c1ccncc1O. The maximum Gasteiger partial charge on any atom is 0.259 e. The molecule has 0 spiro atoms. The second-order valence-electron chi connectivity index (χ2n) is 2.76. The van der Waals surface area contributed by atoms with Crippen LogP contribution in [0.15, 0.2) is 35.4 Å². The molecule has 2 rings (SSSR count). The van der Waals surface area contributed by atoms with Crippen LogP contribution in [0.3, 0.4) is 0 Å². The van der Waals surface area contributed by atoms with Gasteiger partial charge in [-0.2, -0.15) is 0 Å². The van der Waals surface area contributed by atoms with E-state index in [1.54, 1.807) is 0 Å². The van der Waals surface area contributed by atoms with Crippen LogP contribution in [0.5, 0.6) is 5.75 Å². The summed E-state index contributed by atoms with van der Waals surface area (Å²) < 4.78 is 4.54. The number of rotatable bonds is 2. The molecule has 6 nitrogen and oxygen atoms in total. The number of nitrogens with one attached hydrogen (secondary N) is 1. The van der Waals surface area contributed by atoms with E-state index in [2.05, 4.69) is 20.0 Å². The van der Waals surface area contributed by atoms with Gasteiger partial charge < -0.3 is 14.9 Å². The van der Waals surface area contributed by atoms with Crippen molar-refractivity contribution in [2.45, 2.75) is 0 Å². The van der Waals surface area contributed by atoms with Gasteiger partial charge in [-0.05, 0) is 6.07 Å². The highest BCUT2D eigenvalue weighted by atomic mass is 16.5. The molecule has 2 aromatic rings. The standard InChI is InChI=1S/C9H7N3O3/c13-8-4-10-2-1-7(8)9(14)12-6-3-11-15-5-6/h1-5,13H,(H,12,14). The average Bonchev–Trinajstić information content (AvgIpc) is 2.71. The van der Waals surface area contributed by atoms with Gasteiger partial charge in [0.25, 0.3) is 5.91 Å². The molecule has 76 valence electrons. The fraction of sp³-hybridized carbons (Fsp3) is 0. The molecule has 0 aliphatic rings. The second-order valence-corrected chi connectivity index (χ2v) is 2.76. The van der Waals surface area contributed by atoms with Gasteiger partial charge in [0, 0.05) is 6.20 Å². The molecule has 0 unspecified atom stereocenters. The molecule has 0 atom stereocenters. The largest absolute Gasteiger partial charge is 0.505 e. The number of carbonyl (C=O) groups excluding carboxylic acids is 1. The Balaban J connectivity index is 2.19. The first-order valence-corrected chi connectivity index (χ1v) is 4.11. The molecule has 0 fully saturated rings. The molecule has 0 bridgehead atoms. The molecule has 2 heterocycles. The van der Waals surface area contributed by atoms with Crippen LogP contribution in [0.1, 0.15) is 10.4 Å². The van der Waals surface area contributed by atoms with Gasteiger partial charge in [0.15, 0.2) is 0 Å². The van der Waals surface area contributed by atoms with E-state index in [4.69, 9.17) is 0 Å². The summed E-state index contributed by atoms with van der Waals surface area (Å²) in [6.45, 7) is 0. The van der Waals surface area contributed by atoms with Gasteiger partial charge in [0.05, 0.1) is 18.0 Å². The van der Waals surface area contributed by atoms with Gasteiger partial charge in [0.2, 0.25) is 0 Å². The fourth-order valence-electron chi connectivity index (χ4n) is 1.04. The Bertz CT molecular complexity index is 467. The lowest BCUT2D eigenvalue weighted by Gasteiger charge is -2.02. The van der Waals surface area contributed by atoms with Gasteiger partial charge in [0.1, 0.15) is 17.7 Å². The lowest BCUT2D eigenvalue weighted by molar-refractivity contribution is 0.102. The topological polar surface area (TPSA) is 88.3 Å². The minimum Gasteiger partial charge on any atom is -0.505 e. The number of aromatic nitrogens is 2. The molecule has 0 aliphatic heterocycles. The van der Waals surface area contributed by atoms with Crippen molar-refractivity contribution in [1.82, 2.24) is 10.1 Å². The van der Waals surface area contributed by atoms with Crippen LogP contribution in [0.2, 0.25) is 0 Å². The first-order chi connectivity index (χ1) is 7.27. The Morgan fingerprint density at radius 1 is 1.47 bits per heavy atom. The summed E-state index contributed by atoms with van der Waals surface area (Å²) in [4.78, 5) is 15.2. The van der Waals surface area contributed by atoms with Crippen LogP contribution in [-0.4, -0.2) is 21.2 Å². The van der Waals surface area contributed by atoms with Gasteiger partial charge in [-0.25, -0.2) is 0 Å². The third-order valence-corrected chi connectivity index (χ3v) is 1.73. The Hall–Kier alpha value is -2.37. The molecule has 0 saturated carbocycles. The van der Waals surface area contributed by atoms with Gasteiger partial charge in [-0.15, -0.1) is 0 Å². The number of hydrogen-bond acceptors (Lipinski definition) is 5. The number of aromatic hydroxyl groups is 1. The number of pyridine rings is 1. The van der Waals surface area contributed by atoms with Crippen molar-refractivity contribution in [3.63, 3.8) is 0 Å². The van der Waals surface area contributed by atoms with Crippen molar-refractivity contribution in [3.05, 3.63) is 36.5 Å². The van der Waals surface area contributed by atoms with E-state index in [1.807, 2.05) is 0 Å². The van der Waals surface area contributed by atoms with E-state index in [0.29, 0.717) is 5.69 Å². The summed E-state index contributed by atoms with van der Waals surface area (Å²) in [6.07, 6.45) is 5.26. The predicted octanol–water partition coefficient (Wildman–Crippen LogP) is 1.03. The lowest BCUT2D eigenvalue weighted by atomic mass is 10.2. The van der Waals surface area contributed by atoms with E-state index in [9.17, 15) is 9.90 Å². The number of hydrogen-bond donors (Lipinski definition) is 2. The van der Waals surface area contributed by atoms with Crippen LogP contribution in [-0.2, 0) is 0 Å². The van der Waals surface area contributed by atoms with Crippen LogP contribution in [0, 0.1) is 0 Å². The minimum absolute atomic E-state index is 0.145. The molecular weight excluding hydrogens is 198 g/mol. The van der Waals surface area contributed by atoms with Crippen molar-refractivity contribution in [3.8, 4) is 5.75 Å². The molecule has 0 saturated heterocycles. The Kier molecular flexibility index (Phi) is 2.32. The van der Waals surface area contributed by atoms with Crippen LogP contribution < -0.4 is 5.32 Å². The highest BCUT2D eigenvalue weighted by Crippen LogP contribution is 2.15. The zero-order valence-electron chi connectivity index (χ0n) is 7.54. The summed E-state index contributed by atoms with van der Waals surface area (Å²) in [7, 11) is 0. The Morgan fingerprint density at radius 3 is 3.00 bits per heavy atom. The molecule has 2 aromatic heterocycles. The third kappa shape index (κ3) is 1.93. The number of carbonyl (C=O) groups is 1. The molecule has 0 aliphatic carbocycles. The third-order valence-electron chi connectivity index (χ3n) is 1.73. The van der Waals surface area contributed by atoms with Crippen LogP contribution in [0.4, 0.5) is 5.69 Å². The monoisotopic (exact) mass is 205 g/mol. The Morgan fingerprint density at radius 2 is 2.33 bits per heavy atom. The normalized spacial score (nSPS) is 9.87. The quantitative estimate of drug-likeness (QED) is 0.764. The smallest absolute Gasteiger partial charge is 0.259 e. The van der Waals surface area contributed by atoms with Crippen molar-refractivity contribution in [2.24, 2.45) is 0 Å². The maximum absolute atomic E-state index is 11.6.